The molecule has 3 atom stereocenters. The van der Waals surface area contributed by atoms with E-state index in [1.807, 2.05) is 11.8 Å². The molecule has 0 radical (unpaired) electrons. The van der Waals surface area contributed by atoms with E-state index in [0.29, 0.717) is 12.6 Å². The maximum atomic E-state index is 12.1. The van der Waals surface area contributed by atoms with E-state index in [2.05, 4.69) is 19.2 Å². The third-order valence-corrected chi connectivity index (χ3v) is 3.62. The Morgan fingerprint density at radius 2 is 2.11 bits per heavy atom. The fraction of sp³-hybridized carbons (Fsp3) is 0.846. The number of nitrogens with one attached hydrogen (secondary N) is 1. The molecule has 1 heterocycles. The van der Waals surface area contributed by atoms with E-state index in [0.717, 1.165) is 19.3 Å². The van der Waals surface area contributed by atoms with Crippen molar-refractivity contribution in [1.29, 1.82) is 0 Å². The maximum absolute atomic E-state index is 12.1. The molecule has 0 aromatic rings. The van der Waals surface area contributed by atoms with Crippen molar-refractivity contribution in [3.05, 3.63) is 0 Å². The van der Waals surface area contributed by atoms with Crippen LogP contribution in [0.1, 0.15) is 46.5 Å². The number of hydrogen-bond donors (Lipinski definition) is 2. The Balaban J connectivity index is 2.42. The number of carboxylic acid groups (broad SMARTS) is 1. The molecule has 1 aliphatic rings. The summed E-state index contributed by atoms with van der Waals surface area (Å²) in [6.45, 7) is 6.41. The molecule has 0 aliphatic carbocycles. The van der Waals surface area contributed by atoms with Gasteiger partial charge >= 0.3 is 12.0 Å². The third kappa shape index (κ3) is 3.89. The molecule has 0 aromatic carbocycles. The van der Waals surface area contributed by atoms with Crippen LogP contribution in [0.2, 0.25) is 0 Å². The van der Waals surface area contributed by atoms with Crippen molar-refractivity contribution in [2.45, 2.75) is 58.5 Å². The summed E-state index contributed by atoms with van der Waals surface area (Å²) in [6.07, 6.45) is 3.18. The summed E-state index contributed by atoms with van der Waals surface area (Å²) >= 11 is 0. The number of carbonyl (C=O) groups excluding carboxylic acids is 1. The van der Waals surface area contributed by atoms with Crippen molar-refractivity contribution in [1.82, 2.24) is 10.2 Å². The SMILES string of the molecule is CCC1CCC(C)N1C(=O)NCC(C)CC(=O)O. The van der Waals surface area contributed by atoms with Crippen LogP contribution in [-0.2, 0) is 4.79 Å². The second kappa shape index (κ2) is 6.61. The Morgan fingerprint density at radius 1 is 1.44 bits per heavy atom. The summed E-state index contributed by atoms with van der Waals surface area (Å²) < 4.78 is 0. The number of carboxylic acids is 1. The summed E-state index contributed by atoms with van der Waals surface area (Å²) in [4.78, 5) is 24.5. The van der Waals surface area contributed by atoms with Gasteiger partial charge in [-0.2, -0.15) is 0 Å². The lowest BCUT2D eigenvalue weighted by Gasteiger charge is -2.28. The zero-order chi connectivity index (χ0) is 13.7. The second-order valence-corrected chi connectivity index (χ2v) is 5.28. The molecule has 1 rings (SSSR count). The molecule has 0 spiro atoms. The minimum absolute atomic E-state index is 0.0376. The number of nitrogens with zero attached hydrogens (tertiary/aromatic N) is 1. The van der Waals surface area contributed by atoms with Gasteiger partial charge in [-0.3, -0.25) is 4.79 Å². The van der Waals surface area contributed by atoms with Crippen LogP contribution in [0.5, 0.6) is 0 Å². The first kappa shape index (κ1) is 14.8. The zero-order valence-electron chi connectivity index (χ0n) is 11.5. The molecule has 18 heavy (non-hydrogen) atoms. The van der Waals surface area contributed by atoms with Crippen molar-refractivity contribution in [2.75, 3.05) is 6.54 Å². The monoisotopic (exact) mass is 256 g/mol. The molecular formula is C13H24N2O3. The van der Waals surface area contributed by atoms with Gasteiger partial charge in [-0.15, -0.1) is 0 Å². The standard InChI is InChI=1S/C13H24N2O3/c1-4-11-6-5-10(3)15(11)13(18)14-8-9(2)7-12(16)17/h9-11H,4-8H2,1-3H3,(H,14,18)(H,16,17). The molecule has 0 saturated carbocycles. The fourth-order valence-electron chi connectivity index (χ4n) is 2.56. The predicted octanol–water partition coefficient (Wildman–Crippen LogP) is 2.07. The van der Waals surface area contributed by atoms with E-state index in [1.165, 1.54) is 0 Å². The van der Waals surface area contributed by atoms with Crippen molar-refractivity contribution in [2.24, 2.45) is 5.92 Å². The number of likely N-dealkylation sites (tertiary alicyclic amines) is 1. The Bertz CT molecular complexity index is 307. The molecule has 5 nitrogen and oxygen atoms in total. The normalized spacial score (nSPS) is 24.9. The molecule has 2 amide bonds. The molecule has 5 heteroatoms. The average Bonchev–Trinajstić information content (AvgIpc) is 2.66. The van der Waals surface area contributed by atoms with Gasteiger partial charge in [0.25, 0.3) is 0 Å². The summed E-state index contributed by atoms with van der Waals surface area (Å²) in [7, 11) is 0. The van der Waals surface area contributed by atoms with Crippen LogP contribution in [0, 0.1) is 5.92 Å². The number of hydrogen-bond acceptors (Lipinski definition) is 2. The van der Waals surface area contributed by atoms with E-state index >= 15 is 0 Å². The van der Waals surface area contributed by atoms with Crippen molar-refractivity contribution < 1.29 is 14.7 Å². The maximum Gasteiger partial charge on any atom is 0.317 e. The van der Waals surface area contributed by atoms with Gasteiger partial charge in [0.1, 0.15) is 0 Å². The molecule has 1 aliphatic heterocycles. The molecule has 2 N–H and O–H groups in total. The highest BCUT2D eigenvalue weighted by Gasteiger charge is 2.32. The lowest BCUT2D eigenvalue weighted by atomic mass is 10.1. The van der Waals surface area contributed by atoms with Crippen LogP contribution < -0.4 is 5.32 Å². The largest absolute Gasteiger partial charge is 0.481 e. The van der Waals surface area contributed by atoms with Gasteiger partial charge in [-0.05, 0) is 32.1 Å². The zero-order valence-corrected chi connectivity index (χ0v) is 11.5. The number of aliphatic carboxylic acids is 1. The quantitative estimate of drug-likeness (QED) is 0.791. The fourth-order valence-corrected chi connectivity index (χ4v) is 2.56. The lowest BCUT2D eigenvalue weighted by Crippen LogP contribution is -2.47. The van der Waals surface area contributed by atoms with E-state index in [-0.39, 0.29) is 24.4 Å². The van der Waals surface area contributed by atoms with Gasteiger partial charge in [0.05, 0.1) is 0 Å². The third-order valence-electron chi connectivity index (χ3n) is 3.62. The lowest BCUT2D eigenvalue weighted by molar-refractivity contribution is -0.137. The topological polar surface area (TPSA) is 69.6 Å². The Morgan fingerprint density at radius 3 is 2.67 bits per heavy atom. The van der Waals surface area contributed by atoms with E-state index in [9.17, 15) is 9.59 Å². The smallest absolute Gasteiger partial charge is 0.317 e. The first-order chi connectivity index (χ1) is 8.45. The molecule has 3 unspecified atom stereocenters. The molecular weight excluding hydrogens is 232 g/mol. The van der Waals surface area contributed by atoms with Gasteiger partial charge in [-0.25, -0.2) is 4.79 Å². The van der Waals surface area contributed by atoms with Crippen LogP contribution >= 0.6 is 0 Å². The first-order valence-electron chi connectivity index (χ1n) is 6.73. The van der Waals surface area contributed by atoms with Crippen LogP contribution in [0.4, 0.5) is 4.79 Å². The van der Waals surface area contributed by atoms with Gasteiger partial charge in [0.15, 0.2) is 0 Å². The van der Waals surface area contributed by atoms with Crippen LogP contribution in [-0.4, -0.2) is 40.6 Å². The highest BCUT2D eigenvalue weighted by Crippen LogP contribution is 2.25. The Hall–Kier alpha value is -1.26. The van der Waals surface area contributed by atoms with Crippen molar-refractivity contribution >= 4 is 12.0 Å². The van der Waals surface area contributed by atoms with Gasteiger partial charge in [0.2, 0.25) is 0 Å². The average molecular weight is 256 g/mol. The van der Waals surface area contributed by atoms with Gasteiger partial charge < -0.3 is 15.3 Å². The minimum Gasteiger partial charge on any atom is -0.481 e. The summed E-state index contributed by atoms with van der Waals surface area (Å²) in [6, 6.07) is 0.559. The molecule has 104 valence electrons. The highest BCUT2D eigenvalue weighted by atomic mass is 16.4. The van der Waals surface area contributed by atoms with E-state index in [1.54, 1.807) is 0 Å². The van der Waals surface area contributed by atoms with Crippen molar-refractivity contribution in [3.63, 3.8) is 0 Å². The summed E-state index contributed by atoms with van der Waals surface area (Å²) in [5, 5.41) is 11.5. The summed E-state index contributed by atoms with van der Waals surface area (Å²) in [5.41, 5.74) is 0. The molecule has 0 aromatic heterocycles. The van der Waals surface area contributed by atoms with Crippen LogP contribution in [0.15, 0.2) is 0 Å². The molecule has 1 fully saturated rings. The predicted molar refractivity (Wildman–Crippen MR) is 69.4 cm³/mol. The van der Waals surface area contributed by atoms with Gasteiger partial charge in [-0.1, -0.05) is 13.8 Å². The Labute approximate surface area is 109 Å². The number of carbonyl (C=O) groups is 2. The minimum atomic E-state index is -0.822. The summed E-state index contributed by atoms with van der Waals surface area (Å²) in [5.74, 6) is -0.859. The first-order valence-corrected chi connectivity index (χ1v) is 6.73. The molecule has 0 bridgehead atoms. The highest BCUT2D eigenvalue weighted by molar-refractivity contribution is 5.75. The second-order valence-electron chi connectivity index (χ2n) is 5.28. The number of urea groups is 1. The van der Waals surface area contributed by atoms with Crippen LogP contribution in [0.3, 0.4) is 0 Å². The Kier molecular flexibility index (Phi) is 5.44. The number of amides is 2. The number of rotatable bonds is 5. The van der Waals surface area contributed by atoms with E-state index < -0.39 is 5.97 Å². The van der Waals surface area contributed by atoms with Crippen LogP contribution in [0.25, 0.3) is 0 Å². The van der Waals surface area contributed by atoms with E-state index in [4.69, 9.17) is 5.11 Å². The van der Waals surface area contributed by atoms with Gasteiger partial charge in [0, 0.05) is 25.0 Å². The van der Waals surface area contributed by atoms with Crippen molar-refractivity contribution in [3.8, 4) is 0 Å². The molecule has 1 saturated heterocycles.